The van der Waals surface area contributed by atoms with Crippen LogP contribution in [0.3, 0.4) is 0 Å². The van der Waals surface area contributed by atoms with Crippen molar-refractivity contribution in [3.8, 4) is 0 Å². The largest absolute Gasteiger partial charge is 0.396 e. The molecule has 1 heterocycles. The van der Waals surface area contributed by atoms with E-state index in [-0.39, 0.29) is 18.1 Å². The molecular weight excluding hydrogens is 236 g/mol. The summed E-state index contributed by atoms with van der Waals surface area (Å²) in [5.41, 5.74) is 5.35. The molecule has 1 aromatic rings. The highest BCUT2D eigenvalue weighted by molar-refractivity contribution is 5.57. The molecule has 0 aliphatic carbocycles. The molecule has 0 radical (unpaired) electrons. The molecule has 0 atom stereocenters. The number of pyridine rings is 1. The Morgan fingerprint density at radius 2 is 2.17 bits per heavy atom. The highest BCUT2D eigenvalue weighted by Crippen LogP contribution is 2.22. The quantitative estimate of drug-likeness (QED) is 0.430. The normalized spacial score (nSPS) is 10.3. The maximum Gasteiger partial charge on any atom is 0.311 e. The molecule has 0 bridgehead atoms. The van der Waals surface area contributed by atoms with Crippen LogP contribution in [0.1, 0.15) is 19.3 Å². The molecule has 0 unspecified atom stereocenters. The molecule has 3 N–H and O–H groups in total. The number of rotatable bonds is 7. The molecule has 0 aromatic carbocycles. The molecule has 18 heavy (non-hydrogen) atoms. The first kappa shape index (κ1) is 14.2. The van der Waals surface area contributed by atoms with E-state index in [1.807, 2.05) is 11.9 Å². The van der Waals surface area contributed by atoms with Gasteiger partial charge in [-0.2, -0.15) is 0 Å². The van der Waals surface area contributed by atoms with Crippen LogP contribution in [0.4, 0.5) is 17.3 Å². The van der Waals surface area contributed by atoms with Gasteiger partial charge in [0.15, 0.2) is 0 Å². The third-order valence-electron chi connectivity index (χ3n) is 2.63. The summed E-state index contributed by atoms with van der Waals surface area (Å²) in [5, 5.41) is 19.3. The van der Waals surface area contributed by atoms with Crippen LogP contribution in [-0.2, 0) is 0 Å². The fraction of sp³-hybridized carbons (Fsp3) is 0.545. The van der Waals surface area contributed by atoms with Crippen molar-refractivity contribution in [1.29, 1.82) is 0 Å². The van der Waals surface area contributed by atoms with E-state index in [1.54, 1.807) is 6.07 Å². The maximum absolute atomic E-state index is 10.6. The van der Waals surface area contributed by atoms with Crippen LogP contribution >= 0.6 is 0 Å². The average molecular weight is 254 g/mol. The Kier molecular flexibility index (Phi) is 5.31. The van der Waals surface area contributed by atoms with Crippen molar-refractivity contribution in [2.75, 3.05) is 30.8 Å². The molecule has 7 nitrogen and oxygen atoms in total. The van der Waals surface area contributed by atoms with Gasteiger partial charge < -0.3 is 15.7 Å². The summed E-state index contributed by atoms with van der Waals surface area (Å²) >= 11 is 0. The van der Waals surface area contributed by atoms with Crippen molar-refractivity contribution in [2.45, 2.75) is 19.3 Å². The summed E-state index contributed by atoms with van der Waals surface area (Å²) in [6, 6.07) is 2.95. The maximum atomic E-state index is 10.6. The molecule has 0 saturated carbocycles. The van der Waals surface area contributed by atoms with Crippen molar-refractivity contribution in [3.05, 3.63) is 22.2 Å². The zero-order valence-electron chi connectivity index (χ0n) is 10.4. The molecular formula is C11H18N4O3. The minimum absolute atomic E-state index is 0.0697. The van der Waals surface area contributed by atoms with Crippen molar-refractivity contribution in [3.63, 3.8) is 0 Å². The third kappa shape index (κ3) is 3.85. The number of nitrogens with two attached hydrogens (primary N) is 1. The number of unbranched alkanes of at least 4 members (excludes halogenated alkanes) is 2. The summed E-state index contributed by atoms with van der Waals surface area (Å²) in [5.74, 6) is 0.543. The SMILES string of the molecule is CN(CCCCCO)c1ccc([N+](=O)[O-])c(N)n1. The molecule has 100 valence electrons. The lowest BCUT2D eigenvalue weighted by Crippen LogP contribution is -2.20. The summed E-state index contributed by atoms with van der Waals surface area (Å²) in [6.07, 6.45) is 2.64. The first-order valence-corrected chi connectivity index (χ1v) is 5.79. The van der Waals surface area contributed by atoms with Gasteiger partial charge >= 0.3 is 5.69 Å². The van der Waals surface area contributed by atoms with Crippen molar-refractivity contribution >= 4 is 17.3 Å². The second kappa shape index (κ2) is 6.75. The van der Waals surface area contributed by atoms with E-state index in [1.165, 1.54) is 6.07 Å². The van der Waals surface area contributed by atoms with Crippen LogP contribution < -0.4 is 10.6 Å². The predicted molar refractivity (Wildman–Crippen MR) is 69.5 cm³/mol. The zero-order chi connectivity index (χ0) is 13.5. The lowest BCUT2D eigenvalue weighted by atomic mass is 10.2. The fourth-order valence-corrected chi connectivity index (χ4v) is 1.58. The number of nitro groups is 1. The number of aliphatic hydroxyl groups is 1. The number of aromatic nitrogens is 1. The van der Waals surface area contributed by atoms with Gasteiger partial charge in [0.05, 0.1) is 4.92 Å². The van der Waals surface area contributed by atoms with Gasteiger partial charge in [-0.15, -0.1) is 0 Å². The van der Waals surface area contributed by atoms with E-state index in [4.69, 9.17) is 10.8 Å². The Balaban J connectivity index is 2.61. The van der Waals surface area contributed by atoms with E-state index < -0.39 is 4.92 Å². The molecule has 1 rings (SSSR count). The highest BCUT2D eigenvalue weighted by atomic mass is 16.6. The minimum atomic E-state index is -0.548. The zero-order valence-corrected chi connectivity index (χ0v) is 10.4. The summed E-state index contributed by atoms with van der Waals surface area (Å²) in [4.78, 5) is 15.9. The fourth-order valence-electron chi connectivity index (χ4n) is 1.58. The van der Waals surface area contributed by atoms with Gasteiger partial charge in [-0.1, -0.05) is 0 Å². The van der Waals surface area contributed by atoms with Gasteiger partial charge in [-0.05, 0) is 25.3 Å². The Hall–Kier alpha value is -1.89. The van der Waals surface area contributed by atoms with Gasteiger partial charge in [0, 0.05) is 26.3 Å². The number of nitrogen functional groups attached to an aromatic ring is 1. The highest BCUT2D eigenvalue weighted by Gasteiger charge is 2.14. The Labute approximate surface area is 105 Å². The molecule has 0 aliphatic rings. The first-order valence-electron chi connectivity index (χ1n) is 5.79. The van der Waals surface area contributed by atoms with Gasteiger partial charge in [0.25, 0.3) is 0 Å². The van der Waals surface area contributed by atoms with Gasteiger partial charge in [-0.25, -0.2) is 4.98 Å². The monoisotopic (exact) mass is 254 g/mol. The van der Waals surface area contributed by atoms with E-state index in [9.17, 15) is 10.1 Å². The Morgan fingerprint density at radius 1 is 1.44 bits per heavy atom. The summed E-state index contributed by atoms with van der Waals surface area (Å²) < 4.78 is 0. The van der Waals surface area contributed by atoms with E-state index in [0.29, 0.717) is 5.82 Å². The standard InChI is InChI=1S/C11H18N4O3/c1-14(7-3-2-4-8-16)10-6-5-9(15(17)18)11(12)13-10/h5-6,16H,2-4,7-8H2,1H3,(H2,12,13). The van der Waals surface area contributed by atoms with Crippen LogP contribution in [0.25, 0.3) is 0 Å². The second-order valence-electron chi connectivity index (χ2n) is 4.04. The first-order chi connectivity index (χ1) is 8.56. The number of aliphatic hydroxyl groups excluding tert-OH is 1. The predicted octanol–water partition coefficient (Wildman–Crippen LogP) is 1.17. The lowest BCUT2D eigenvalue weighted by Gasteiger charge is -2.18. The number of nitrogens with zero attached hydrogens (tertiary/aromatic N) is 3. The van der Waals surface area contributed by atoms with E-state index in [0.717, 1.165) is 25.8 Å². The van der Waals surface area contributed by atoms with E-state index in [2.05, 4.69) is 4.98 Å². The number of hydrogen-bond donors (Lipinski definition) is 2. The number of anilines is 2. The number of hydrogen-bond acceptors (Lipinski definition) is 6. The van der Waals surface area contributed by atoms with Crippen molar-refractivity contribution in [2.24, 2.45) is 0 Å². The molecule has 7 heteroatoms. The topological polar surface area (TPSA) is 106 Å². The second-order valence-corrected chi connectivity index (χ2v) is 4.04. The van der Waals surface area contributed by atoms with Crippen LogP contribution in [-0.4, -0.2) is 35.2 Å². The summed E-state index contributed by atoms with van der Waals surface area (Å²) in [7, 11) is 1.85. The molecule has 0 aliphatic heterocycles. The van der Waals surface area contributed by atoms with Crippen LogP contribution in [0, 0.1) is 10.1 Å². The van der Waals surface area contributed by atoms with Crippen LogP contribution in [0.2, 0.25) is 0 Å². The molecule has 0 saturated heterocycles. The van der Waals surface area contributed by atoms with Gasteiger partial charge in [0.2, 0.25) is 5.82 Å². The van der Waals surface area contributed by atoms with Crippen molar-refractivity contribution < 1.29 is 10.0 Å². The lowest BCUT2D eigenvalue weighted by molar-refractivity contribution is -0.384. The Bertz CT molecular complexity index is 411. The molecule has 0 amide bonds. The van der Waals surface area contributed by atoms with Crippen molar-refractivity contribution in [1.82, 2.24) is 4.98 Å². The summed E-state index contributed by atoms with van der Waals surface area (Å²) in [6.45, 7) is 0.969. The average Bonchev–Trinajstić information content (AvgIpc) is 2.33. The van der Waals surface area contributed by atoms with E-state index >= 15 is 0 Å². The molecule has 1 aromatic heterocycles. The van der Waals surface area contributed by atoms with Crippen LogP contribution in [0.15, 0.2) is 12.1 Å². The molecule has 0 fully saturated rings. The Morgan fingerprint density at radius 3 is 2.72 bits per heavy atom. The molecule has 0 spiro atoms. The minimum Gasteiger partial charge on any atom is -0.396 e. The van der Waals surface area contributed by atoms with Gasteiger partial charge in [-0.3, -0.25) is 10.1 Å². The smallest absolute Gasteiger partial charge is 0.311 e. The van der Waals surface area contributed by atoms with Crippen LogP contribution in [0.5, 0.6) is 0 Å². The van der Waals surface area contributed by atoms with Gasteiger partial charge in [0.1, 0.15) is 5.82 Å². The third-order valence-corrected chi connectivity index (χ3v) is 2.63.